The average molecular weight is 203 g/mol. The Bertz CT molecular complexity index is 256. The Morgan fingerprint density at radius 2 is 2.38 bits per heavy atom. The van der Waals surface area contributed by atoms with Gasteiger partial charge in [0.1, 0.15) is 0 Å². The topological polar surface area (TPSA) is 79.5 Å². The fourth-order valence-corrected chi connectivity index (χ4v) is 0.970. The highest BCUT2D eigenvalue weighted by atomic mass is 32.1. The van der Waals surface area contributed by atoms with Gasteiger partial charge >= 0.3 is 5.97 Å². The van der Waals surface area contributed by atoms with Crippen LogP contribution in [0.25, 0.3) is 0 Å². The molecule has 1 aliphatic heterocycles. The molecule has 0 aliphatic carbocycles. The van der Waals surface area contributed by atoms with Crippen molar-refractivity contribution >= 4 is 29.2 Å². The molecule has 1 heterocycles. The molecule has 0 radical (unpaired) electrons. The van der Waals surface area contributed by atoms with Gasteiger partial charge in [0.15, 0.2) is 5.11 Å². The molecule has 0 saturated carbocycles. The number of carbonyl (C=O) groups excluding carboxylic acids is 2. The summed E-state index contributed by atoms with van der Waals surface area (Å²) in [5.41, 5.74) is 4.88. The number of hydrazine groups is 1. The molecule has 7 heteroatoms. The minimum atomic E-state index is -1.04. The van der Waals surface area contributed by atoms with E-state index in [1.54, 1.807) is 6.92 Å². The van der Waals surface area contributed by atoms with E-state index in [1.165, 1.54) is 0 Å². The van der Waals surface area contributed by atoms with Crippen LogP contribution in [0.4, 0.5) is 0 Å². The molecule has 72 valence electrons. The zero-order valence-electron chi connectivity index (χ0n) is 6.92. The second kappa shape index (κ2) is 4.15. The van der Waals surface area contributed by atoms with E-state index in [0.29, 0.717) is 0 Å². The van der Waals surface area contributed by atoms with Crippen LogP contribution in [0.15, 0.2) is 0 Å². The maximum atomic E-state index is 11.1. The molecule has 1 unspecified atom stereocenters. The first kappa shape index (κ1) is 9.87. The fourth-order valence-electron chi connectivity index (χ4n) is 0.810. The quantitative estimate of drug-likeness (QED) is 0.286. The molecule has 0 spiro atoms. The second-order valence-electron chi connectivity index (χ2n) is 2.27. The molecule has 13 heavy (non-hydrogen) atoms. The van der Waals surface area contributed by atoms with Crippen molar-refractivity contribution in [3.05, 3.63) is 0 Å². The zero-order chi connectivity index (χ0) is 9.84. The van der Waals surface area contributed by atoms with E-state index in [4.69, 9.17) is 0 Å². The minimum absolute atomic E-state index is 0.144. The Hall–Kier alpha value is -1.21. The average Bonchev–Trinajstić information content (AvgIpc) is 2.04. The third-order valence-electron chi connectivity index (χ3n) is 1.35. The van der Waals surface area contributed by atoms with Gasteiger partial charge in [0.25, 0.3) is 5.91 Å². The van der Waals surface area contributed by atoms with E-state index in [0.717, 1.165) is 0 Å². The molecule has 0 bridgehead atoms. The highest BCUT2D eigenvalue weighted by Gasteiger charge is 2.31. The normalized spacial score (nSPS) is 21.8. The maximum absolute atomic E-state index is 11.1. The summed E-state index contributed by atoms with van der Waals surface area (Å²) in [6.07, 6.45) is 0. The first-order valence-corrected chi connectivity index (χ1v) is 4.09. The predicted molar refractivity (Wildman–Crippen MR) is 47.4 cm³/mol. The number of thiocarbonyl (C=S) groups is 1. The van der Waals surface area contributed by atoms with Crippen molar-refractivity contribution in [2.75, 3.05) is 6.61 Å². The van der Waals surface area contributed by atoms with Crippen molar-refractivity contribution in [2.24, 2.45) is 0 Å². The standard InChI is InChI=1S/C6H9N3O3S/c1-2-12-5(11)3-4(10)7-6(13)9-8-3/h3,8H,2H2,1H3,(H2,7,9,10,13). The predicted octanol–water partition coefficient (Wildman–Crippen LogP) is -1.57. The van der Waals surface area contributed by atoms with Crippen LogP contribution in [0.5, 0.6) is 0 Å². The molecular formula is C6H9N3O3S. The summed E-state index contributed by atoms with van der Waals surface area (Å²) < 4.78 is 4.64. The lowest BCUT2D eigenvalue weighted by molar-refractivity contribution is -0.149. The molecule has 1 amide bonds. The molecule has 6 nitrogen and oxygen atoms in total. The number of rotatable bonds is 2. The maximum Gasteiger partial charge on any atom is 0.334 e. The van der Waals surface area contributed by atoms with E-state index in [1.807, 2.05) is 0 Å². The van der Waals surface area contributed by atoms with Crippen molar-refractivity contribution in [1.29, 1.82) is 0 Å². The number of ether oxygens (including phenoxy) is 1. The van der Waals surface area contributed by atoms with Crippen molar-refractivity contribution in [3.63, 3.8) is 0 Å². The lowest BCUT2D eigenvalue weighted by atomic mass is 10.3. The highest BCUT2D eigenvalue weighted by molar-refractivity contribution is 7.80. The number of amides is 1. The Labute approximate surface area is 80.0 Å². The highest BCUT2D eigenvalue weighted by Crippen LogP contribution is 1.92. The Balaban J connectivity index is 2.55. The molecule has 1 saturated heterocycles. The van der Waals surface area contributed by atoms with Gasteiger partial charge in [-0.05, 0) is 19.1 Å². The van der Waals surface area contributed by atoms with Gasteiger partial charge in [0.2, 0.25) is 6.04 Å². The lowest BCUT2D eigenvalue weighted by Crippen LogP contribution is -2.65. The van der Waals surface area contributed by atoms with Gasteiger partial charge in [-0.15, -0.1) is 0 Å². The lowest BCUT2D eigenvalue weighted by Gasteiger charge is -2.23. The van der Waals surface area contributed by atoms with E-state index < -0.39 is 17.9 Å². The summed E-state index contributed by atoms with van der Waals surface area (Å²) in [5, 5.41) is 2.43. The Kier molecular flexibility index (Phi) is 3.15. The fraction of sp³-hybridized carbons (Fsp3) is 0.500. The van der Waals surface area contributed by atoms with Crippen LogP contribution in [0, 0.1) is 0 Å². The molecule has 1 atom stereocenters. The third kappa shape index (κ3) is 2.36. The molecule has 0 aromatic carbocycles. The number of esters is 1. The van der Waals surface area contributed by atoms with Crippen LogP contribution < -0.4 is 16.2 Å². The Morgan fingerprint density at radius 1 is 1.69 bits per heavy atom. The van der Waals surface area contributed by atoms with Gasteiger partial charge < -0.3 is 10.1 Å². The summed E-state index contributed by atoms with van der Waals surface area (Å²) in [6, 6.07) is -1.04. The summed E-state index contributed by atoms with van der Waals surface area (Å²) in [4.78, 5) is 22.2. The smallest absolute Gasteiger partial charge is 0.334 e. The van der Waals surface area contributed by atoms with E-state index >= 15 is 0 Å². The summed E-state index contributed by atoms with van der Waals surface area (Å²) in [7, 11) is 0. The van der Waals surface area contributed by atoms with Crippen LogP contribution in [0.1, 0.15) is 6.92 Å². The van der Waals surface area contributed by atoms with Gasteiger partial charge in [0, 0.05) is 0 Å². The first-order chi connectivity index (χ1) is 6.15. The van der Waals surface area contributed by atoms with Crippen molar-refractivity contribution in [1.82, 2.24) is 16.2 Å². The molecule has 1 aliphatic rings. The van der Waals surface area contributed by atoms with Gasteiger partial charge in [-0.3, -0.25) is 10.2 Å². The molecule has 0 aromatic rings. The number of hydrogen-bond donors (Lipinski definition) is 3. The summed E-state index contributed by atoms with van der Waals surface area (Å²) >= 11 is 4.63. The van der Waals surface area contributed by atoms with E-state index in [2.05, 4.69) is 33.1 Å². The summed E-state index contributed by atoms with van der Waals surface area (Å²) in [5.74, 6) is -1.14. The van der Waals surface area contributed by atoms with Crippen LogP contribution in [0.2, 0.25) is 0 Å². The molecule has 0 aromatic heterocycles. The van der Waals surface area contributed by atoms with Crippen molar-refractivity contribution in [2.45, 2.75) is 13.0 Å². The van der Waals surface area contributed by atoms with Crippen LogP contribution >= 0.6 is 12.2 Å². The molecule has 1 fully saturated rings. The first-order valence-electron chi connectivity index (χ1n) is 3.68. The van der Waals surface area contributed by atoms with Gasteiger partial charge in [0.05, 0.1) is 6.61 Å². The van der Waals surface area contributed by atoms with E-state index in [9.17, 15) is 9.59 Å². The van der Waals surface area contributed by atoms with Crippen LogP contribution in [-0.2, 0) is 14.3 Å². The number of hydrogen-bond acceptors (Lipinski definition) is 5. The largest absolute Gasteiger partial charge is 0.464 e. The van der Waals surface area contributed by atoms with Gasteiger partial charge in [-0.25, -0.2) is 10.2 Å². The number of carbonyl (C=O) groups is 2. The molecule has 1 rings (SSSR count). The third-order valence-corrected chi connectivity index (χ3v) is 1.56. The van der Waals surface area contributed by atoms with Crippen LogP contribution in [-0.4, -0.2) is 29.6 Å². The SMILES string of the molecule is CCOC(=O)C1NNC(=S)NC1=O. The molecule has 3 N–H and O–H groups in total. The van der Waals surface area contributed by atoms with Crippen molar-refractivity contribution in [3.8, 4) is 0 Å². The van der Waals surface area contributed by atoms with Crippen molar-refractivity contribution < 1.29 is 14.3 Å². The van der Waals surface area contributed by atoms with Gasteiger partial charge in [-0.1, -0.05) is 0 Å². The second-order valence-corrected chi connectivity index (χ2v) is 2.68. The van der Waals surface area contributed by atoms with Gasteiger partial charge in [-0.2, -0.15) is 0 Å². The van der Waals surface area contributed by atoms with Crippen LogP contribution in [0.3, 0.4) is 0 Å². The monoisotopic (exact) mass is 203 g/mol. The zero-order valence-corrected chi connectivity index (χ0v) is 7.73. The Morgan fingerprint density at radius 3 is 2.92 bits per heavy atom. The number of nitrogens with one attached hydrogen (secondary N) is 3. The molecular weight excluding hydrogens is 194 g/mol. The van der Waals surface area contributed by atoms with E-state index in [-0.39, 0.29) is 11.7 Å². The summed E-state index contributed by atoms with van der Waals surface area (Å²) in [6.45, 7) is 1.89. The minimum Gasteiger partial charge on any atom is -0.464 e.